The van der Waals surface area contributed by atoms with E-state index in [0.717, 1.165) is 55.7 Å². The van der Waals surface area contributed by atoms with E-state index in [-0.39, 0.29) is 26.8 Å². The van der Waals surface area contributed by atoms with Crippen molar-refractivity contribution in [2.24, 2.45) is 0 Å². The predicted molar refractivity (Wildman–Crippen MR) is 187 cm³/mol. The van der Waals surface area contributed by atoms with E-state index in [0.29, 0.717) is 17.1 Å². The van der Waals surface area contributed by atoms with E-state index in [2.05, 4.69) is 102 Å². The van der Waals surface area contributed by atoms with Crippen molar-refractivity contribution in [3.63, 3.8) is 0 Å². The number of phenolic OH excluding ortho intramolecular Hbond substituents is 1. The standard InChI is InChI=1S/C42H28N3O.Pt/c46-39-26-13-12-23-36(39)42-44-38(40-33-22-11-10-21-32(33)27-37(43-40)31-19-8-3-9-20-31)28-45(42)41-34(29-15-4-1-5-16-29)24-14-25-35(41)30-17-6-2-7-18-30;/h1-19,21-28,46H;/q-1;. The minimum Gasteiger partial charge on any atom is -0.507 e. The first-order chi connectivity index (χ1) is 22.7. The van der Waals surface area contributed by atoms with Crippen molar-refractivity contribution in [2.45, 2.75) is 0 Å². The molecular weight excluding hydrogens is 758 g/mol. The smallest absolute Gasteiger partial charge is 0.149 e. The zero-order valence-electron chi connectivity index (χ0n) is 25.2. The average molecular weight is 786 g/mol. The fraction of sp³-hybridized carbons (Fsp3) is 0. The number of hydrogen-bond acceptors (Lipinski definition) is 3. The minimum atomic E-state index is 0. The van der Waals surface area contributed by atoms with Gasteiger partial charge in [-0.05, 0) is 34.3 Å². The van der Waals surface area contributed by atoms with E-state index in [1.165, 1.54) is 0 Å². The summed E-state index contributed by atoms with van der Waals surface area (Å²) < 4.78 is 2.12. The summed E-state index contributed by atoms with van der Waals surface area (Å²) in [5.41, 5.74) is 9.06. The molecule has 0 aliphatic rings. The Morgan fingerprint density at radius 1 is 0.553 bits per heavy atom. The summed E-state index contributed by atoms with van der Waals surface area (Å²) in [6.07, 6.45) is 2.06. The molecule has 0 spiro atoms. The first-order valence-electron chi connectivity index (χ1n) is 15.2. The molecule has 0 bridgehead atoms. The van der Waals surface area contributed by atoms with Crippen molar-refractivity contribution in [1.82, 2.24) is 14.5 Å². The molecule has 0 aliphatic carbocycles. The summed E-state index contributed by atoms with van der Waals surface area (Å²) in [7, 11) is 0. The third kappa shape index (κ3) is 5.69. The molecule has 0 atom stereocenters. The van der Waals surface area contributed by atoms with Gasteiger partial charge >= 0.3 is 0 Å². The van der Waals surface area contributed by atoms with Crippen molar-refractivity contribution >= 4 is 10.8 Å². The van der Waals surface area contributed by atoms with Crippen LogP contribution in [0, 0.1) is 6.07 Å². The van der Waals surface area contributed by atoms with E-state index in [4.69, 9.17) is 9.97 Å². The molecule has 0 radical (unpaired) electrons. The Morgan fingerprint density at radius 3 is 1.85 bits per heavy atom. The monoisotopic (exact) mass is 785 g/mol. The molecule has 228 valence electrons. The number of phenols is 1. The molecule has 8 aromatic rings. The Morgan fingerprint density at radius 2 is 1.17 bits per heavy atom. The normalized spacial score (nSPS) is 10.9. The van der Waals surface area contributed by atoms with Gasteiger partial charge in [-0.3, -0.25) is 9.55 Å². The van der Waals surface area contributed by atoms with E-state index < -0.39 is 0 Å². The molecule has 0 fully saturated rings. The molecule has 0 aliphatic heterocycles. The number of para-hydroxylation sites is 2. The van der Waals surface area contributed by atoms with E-state index in [1.54, 1.807) is 6.07 Å². The van der Waals surface area contributed by atoms with Gasteiger partial charge in [0.25, 0.3) is 0 Å². The molecule has 0 saturated heterocycles. The van der Waals surface area contributed by atoms with Crippen LogP contribution in [-0.2, 0) is 21.1 Å². The second kappa shape index (κ2) is 13.0. The van der Waals surface area contributed by atoms with Gasteiger partial charge in [-0.15, -0.1) is 35.9 Å². The van der Waals surface area contributed by atoms with Crippen molar-refractivity contribution in [3.8, 4) is 67.7 Å². The summed E-state index contributed by atoms with van der Waals surface area (Å²) in [5.74, 6) is 0.779. The van der Waals surface area contributed by atoms with Gasteiger partial charge in [-0.2, -0.15) is 0 Å². The minimum absolute atomic E-state index is 0. The number of aromatic nitrogens is 3. The number of hydrogen-bond donors (Lipinski definition) is 1. The van der Waals surface area contributed by atoms with Gasteiger partial charge in [0, 0.05) is 43.8 Å². The molecule has 0 unspecified atom stereocenters. The maximum absolute atomic E-state index is 11.2. The average Bonchev–Trinajstić information content (AvgIpc) is 3.57. The Bertz CT molecular complexity index is 2260. The Hall–Kier alpha value is -5.57. The van der Waals surface area contributed by atoms with E-state index in [9.17, 15) is 5.11 Å². The molecule has 2 aromatic heterocycles. The molecule has 0 saturated carbocycles. The van der Waals surface area contributed by atoms with Crippen molar-refractivity contribution < 1.29 is 26.2 Å². The van der Waals surface area contributed by atoms with Crippen LogP contribution in [0.1, 0.15) is 0 Å². The molecule has 5 heteroatoms. The molecular formula is C42H28N3OPt-. The SMILES string of the molecule is Oc1ccccc1-c1nc(-c2nc(-c3[c-]cccc3)cc3ccccc23)cn1-c1c(-c2ccccc2)cccc1-c1ccccc1.[Pt]. The van der Waals surface area contributed by atoms with E-state index >= 15 is 0 Å². The first kappa shape index (κ1) is 30.1. The van der Waals surface area contributed by atoms with Gasteiger partial charge in [0.1, 0.15) is 17.3 Å². The molecule has 6 aromatic carbocycles. The Kier molecular flexibility index (Phi) is 8.35. The molecule has 0 amide bonds. The summed E-state index contributed by atoms with van der Waals surface area (Å²) >= 11 is 0. The number of pyridine rings is 1. The topological polar surface area (TPSA) is 50.9 Å². The van der Waals surface area contributed by atoms with Crippen LogP contribution < -0.4 is 0 Å². The predicted octanol–water partition coefficient (Wildman–Crippen LogP) is 10.3. The molecule has 47 heavy (non-hydrogen) atoms. The molecule has 4 nitrogen and oxygen atoms in total. The van der Waals surface area contributed by atoms with Gasteiger partial charge in [0.05, 0.1) is 16.9 Å². The van der Waals surface area contributed by atoms with Crippen LogP contribution in [0.25, 0.3) is 72.7 Å². The van der Waals surface area contributed by atoms with Crippen molar-refractivity contribution in [3.05, 3.63) is 170 Å². The fourth-order valence-electron chi connectivity index (χ4n) is 6.11. The van der Waals surface area contributed by atoms with E-state index in [1.807, 2.05) is 66.7 Å². The number of benzene rings is 6. The molecule has 2 heterocycles. The fourth-order valence-corrected chi connectivity index (χ4v) is 6.11. The summed E-state index contributed by atoms with van der Waals surface area (Å²) in [6.45, 7) is 0. The third-order valence-electron chi connectivity index (χ3n) is 8.27. The second-order valence-electron chi connectivity index (χ2n) is 11.1. The maximum atomic E-state index is 11.2. The van der Waals surface area contributed by atoms with Gasteiger partial charge < -0.3 is 5.11 Å². The number of nitrogens with zero attached hydrogens (tertiary/aromatic N) is 3. The van der Waals surface area contributed by atoms with Gasteiger partial charge in [0.15, 0.2) is 0 Å². The summed E-state index contributed by atoms with van der Waals surface area (Å²) in [4.78, 5) is 10.5. The molecule has 1 N–H and O–H groups in total. The zero-order valence-corrected chi connectivity index (χ0v) is 27.5. The van der Waals surface area contributed by atoms with Gasteiger partial charge in [-0.25, -0.2) is 4.98 Å². The number of fused-ring (bicyclic) bond motifs is 1. The number of aromatic hydroxyl groups is 1. The largest absolute Gasteiger partial charge is 0.507 e. The summed E-state index contributed by atoms with van der Waals surface area (Å²) in [6, 6.07) is 56.1. The Balaban J connectivity index is 0.00000351. The van der Waals surface area contributed by atoms with Crippen molar-refractivity contribution in [2.75, 3.05) is 0 Å². The van der Waals surface area contributed by atoms with Crippen LogP contribution in [0.4, 0.5) is 0 Å². The van der Waals surface area contributed by atoms with Crippen LogP contribution in [0.15, 0.2) is 164 Å². The number of imidazole rings is 1. The quantitative estimate of drug-likeness (QED) is 0.171. The maximum Gasteiger partial charge on any atom is 0.149 e. The second-order valence-corrected chi connectivity index (χ2v) is 11.1. The van der Waals surface area contributed by atoms with Crippen LogP contribution in [0.5, 0.6) is 5.75 Å². The van der Waals surface area contributed by atoms with Crippen LogP contribution in [0.3, 0.4) is 0 Å². The Labute approximate surface area is 287 Å². The third-order valence-corrected chi connectivity index (χ3v) is 8.27. The van der Waals surface area contributed by atoms with Gasteiger partial charge in [0.2, 0.25) is 0 Å². The van der Waals surface area contributed by atoms with Crippen molar-refractivity contribution in [1.29, 1.82) is 0 Å². The zero-order chi connectivity index (χ0) is 30.9. The first-order valence-corrected chi connectivity index (χ1v) is 15.2. The number of rotatable bonds is 6. The summed E-state index contributed by atoms with van der Waals surface area (Å²) in [5, 5.41) is 13.2. The van der Waals surface area contributed by atoms with Crippen LogP contribution >= 0.6 is 0 Å². The molecule has 8 rings (SSSR count). The van der Waals surface area contributed by atoms with Gasteiger partial charge in [-0.1, -0.05) is 121 Å². The van der Waals surface area contributed by atoms with Crippen LogP contribution in [-0.4, -0.2) is 19.6 Å². The van der Waals surface area contributed by atoms with Crippen LogP contribution in [0.2, 0.25) is 0 Å².